The number of rotatable bonds is 4. The van der Waals surface area contributed by atoms with Crippen molar-refractivity contribution < 1.29 is 9.59 Å². The zero-order valence-electron chi connectivity index (χ0n) is 16.7. The van der Waals surface area contributed by atoms with Gasteiger partial charge in [-0.2, -0.15) is 0 Å². The Morgan fingerprint density at radius 1 is 0.929 bits per heavy atom. The predicted molar refractivity (Wildman–Crippen MR) is 110 cm³/mol. The normalized spacial score (nSPS) is 22.4. The van der Waals surface area contributed by atoms with Gasteiger partial charge < -0.3 is 4.90 Å². The lowest BCUT2D eigenvalue weighted by Crippen LogP contribution is -2.61. The monoisotopic (exact) mass is 376 g/mol. The molecule has 1 aliphatic carbocycles. The molecule has 2 fully saturated rings. The van der Waals surface area contributed by atoms with Gasteiger partial charge >= 0.3 is 6.03 Å². The first-order valence-electron chi connectivity index (χ1n) is 10.3. The number of amides is 3. The highest BCUT2D eigenvalue weighted by Gasteiger charge is 2.46. The highest BCUT2D eigenvalue weighted by molar-refractivity contribution is 5.98. The van der Waals surface area contributed by atoms with Gasteiger partial charge in [-0.05, 0) is 43.4 Å². The quantitative estimate of drug-likeness (QED) is 0.767. The van der Waals surface area contributed by atoms with Crippen molar-refractivity contribution in [3.05, 3.63) is 70.8 Å². The van der Waals surface area contributed by atoms with Crippen molar-refractivity contribution in [2.75, 3.05) is 0 Å². The first-order chi connectivity index (χ1) is 13.5. The highest BCUT2D eigenvalue weighted by Crippen LogP contribution is 2.36. The molecule has 0 N–H and O–H groups in total. The Kier molecular flexibility index (Phi) is 5.21. The fourth-order valence-corrected chi connectivity index (χ4v) is 4.61. The van der Waals surface area contributed by atoms with Crippen molar-refractivity contribution in [1.29, 1.82) is 0 Å². The Balaban J connectivity index is 1.65. The standard InChI is InChI=1S/C24H28N2O2/c1-17-12-13-18(2)20(14-17)16-25-22-11-7-6-10-21(22)23(27)26(24(25)28)15-19-8-4-3-5-9-19/h3-5,8-9,12-14,21-22H,6-7,10-11,15-16H2,1-2H3. The van der Waals surface area contributed by atoms with Gasteiger partial charge in [-0.25, -0.2) is 4.79 Å². The van der Waals surface area contributed by atoms with E-state index in [0.717, 1.165) is 31.2 Å². The van der Waals surface area contributed by atoms with Crippen molar-refractivity contribution in [3.63, 3.8) is 0 Å². The van der Waals surface area contributed by atoms with E-state index >= 15 is 0 Å². The van der Waals surface area contributed by atoms with Crippen LogP contribution in [0, 0.1) is 19.8 Å². The van der Waals surface area contributed by atoms with E-state index in [1.807, 2.05) is 35.2 Å². The number of hydrogen-bond donors (Lipinski definition) is 0. The SMILES string of the molecule is Cc1ccc(C)c(CN2C(=O)N(Cc3ccccc3)C(=O)C3CCCCC32)c1. The number of carbonyl (C=O) groups excluding carboxylic acids is 2. The lowest BCUT2D eigenvalue weighted by Gasteiger charge is -2.47. The molecule has 4 nitrogen and oxygen atoms in total. The number of fused-ring (bicyclic) bond motifs is 1. The van der Waals surface area contributed by atoms with Crippen molar-refractivity contribution in [2.24, 2.45) is 5.92 Å². The second-order valence-electron chi connectivity index (χ2n) is 8.21. The van der Waals surface area contributed by atoms with Crippen LogP contribution >= 0.6 is 0 Å². The largest absolute Gasteiger partial charge is 0.327 e. The second-order valence-corrected chi connectivity index (χ2v) is 8.21. The maximum Gasteiger partial charge on any atom is 0.327 e. The van der Waals surface area contributed by atoms with E-state index in [0.29, 0.717) is 13.1 Å². The minimum atomic E-state index is -0.141. The maximum atomic E-state index is 13.4. The third-order valence-electron chi connectivity index (χ3n) is 6.22. The van der Waals surface area contributed by atoms with Gasteiger partial charge in [0.05, 0.1) is 12.5 Å². The lowest BCUT2D eigenvalue weighted by molar-refractivity contribution is -0.141. The summed E-state index contributed by atoms with van der Waals surface area (Å²) >= 11 is 0. The molecule has 1 heterocycles. The fourth-order valence-electron chi connectivity index (χ4n) is 4.61. The molecule has 0 spiro atoms. The van der Waals surface area contributed by atoms with Crippen LogP contribution in [0.3, 0.4) is 0 Å². The number of aryl methyl sites for hydroxylation is 2. The molecule has 3 amide bonds. The number of urea groups is 1. The number of hydrogen-bond acceptors (Lipinski definition) is 2. The minimum absolute atomic E-state index is 0.00997. The van der Waals surface area contributed by atoms with E-state index in [1.54, 1.807) is 0 Å². The van der Waals surface area contributed by atoms with Crippen molar-refractivity contribution in [2.45, 2.75) is 58.7 Å². The van der Waals surface area contributed by atoms with E-state index in [4.69, 9.17) is 0 Å². The van der Waals surface area contributed by atoms with Crippen LogP contribution in [0.15, 0.2) is 48.5 Å². The van der Waals surface area contributed by atoms with E-state index in [9.17, 15) is 9.59 Å². The lowest BCUT2D eigenvalue weighted by atomic mass is 9.81. The molecule has 1 saturated heterocycles. The number of benzene rings is 2. The molecule has 2 atom stereocenters. The van der Waals surface area contributed by atoms with Crippen LogP contribution < -0.4 is 0 Å². The zero-order chi connectivity index (χ0) is 19.7. The summed E-state index contributed by atoms with van der Waals surface area (Å²) in [5.41, 5.74) is 4.55. The fraction of sp³-hybridized carbons (Fsp3) is 0.417. The molecule has 0 radical (unpaired) electrons. The van der Waals surface area contributed by atoms with Gasteiger partial charge in [-0.1, -0.05) is 66.9 Å². The molecular formula is C24H28N2O2. The summed E-state index contributed by atoms with van der Waals surface area (Å²) in [5, 5.41) is 0. The van der Waals surface area contributed by atoms with Crippen LogP contribution in [0.2, 0.25) is 0 Å². The van der Waals surface area contributed by atoms with Crippen LogP contribution in [0.1, 0.15) is 47.9 Å². The Hall–Kier alpha value is -2.62. The molecule has 0 aromatic heterocycles. The van der Waals surface area contributed by atoms with Crippen LogP contribution in [0.4, 0.5) is 4.79 Å². The summed E-state index contributed by atoms with van der Waals surface area (Å²) in [4.78, 5) is 30.0. The van der Waals surface area contributed by atoms with Crippen molar-refractivity contribution in [1.82, 2.24) is 9.80 Å². The van der Waals surface area contributed by atoms with Gasteiger partial charge in [0.1, 0.15) is 0 Å². The maximum absolute atomic E-state index is 13.4. The van der Waals surface area contributed by atoms with E-state index in [2.05, 4.69) is 32.0 Å². The second kappa shape index (κ2) is 7.78. The van der Waals surface area contributed by atoms with E-state index < -0.39 is 0 Å². The van der Waals surface area contributed by atoms with Crippen molar-refractivity contribution >= 4 is 11.9 Å². The number of carbonyl (C=O) groups is 2. The summed E-state index contributed by atoms with van der Waals surface area (Å²) in [6.45, 7) is 5.10. The predicted octanol–water partition coefficient (Wildman–Crippen LogP) is 4.83. The minimum Gasteiger partial charge on any atom is -0.316 e. The zero-order valence-corrected chi connectivity index (χ0v) is 16.7. The summed E-state index contributed by atoms with van der Waals surface area (Å²) in [6, 6.07) is 16.1. The third kappa shape index (κ3) is 3.56. The summed E-state index contributed by atoms with van der Waals surface area (Å²) in [7, 11) is 0. The molecule has 4 rings (SSSR count). The van der Waals surface area contributed by atoms with E-state index in [1.165, 1.54) is 21.6 Å². The first kappa shape index (κ1) is 18.7. The highest BCUT2D eigenvalue weighted by atomic mass is 16.2. The van der Waals surface area contributed by atoms with Gasteiger partial charge in [-0.15, -0.1) is 0 Å². The molecule has 1 saturated carbocycles. The van der Waals surface area contributed by atoms with Gasteiger partial charge in [0.2, 0.25) is 5.91 Å². The molecule has 1 aliphatic heterocycles. The summed E-state index contributed by atoms with van der Waals surface area (Å²) in [6.07, 6.45) is 3.96. The molecule has 2 aromatic rings. The number of imide groups is 1. The van der Waals surface area contributed by atoms with Crippen molar-refractivity contribution in [3.8, 4) is 0 Å². The Morgan fingerprint density at radius 3 is 2.46 bits per heavy atom. The Morgan fingerprint density at radius 2 is 1.68 bits per heavy atom. The van der Waals surface area contributed by atoms with Gasteiger partial charge in [0.15, 0.2) is 0 Å². The Labute approximate surface area is 167 Å². The topological polar surface area (TPSA) is 40.6 Å². The molecule has 2 unspecified atom stereocenters. The van der Waals surface area contributed by atoms with Crippen LogP contribution in [-0.2, 0) is 17.9 Å². The molecule has 2 aliphatic rings. The van der Waals surface area contributed by atoms with Crippen LogP contribution in [0.25, 0.3) is 0 Å². The summed E-state index contributed by atoms with van der Waals surface area (Å²) < 4.78 is 0. The van der Waals surface area contributed by atoms with Crippen LogP contribution in [0.5, 0.6) is 0 Å². The first-order valence-corrected chi connectivity index (χ1v) is 10.3. The molecule has 0 bridgehead atoms. The summed E-state index contributed by atoms with van der Waals surface area (Å²) in [5.74, 6) is -0.0592. The molecule has 4 heteroatoms. The van der Waals surface area contributed by atoms with E-state index in [-0.39, 0.29) is 23.9 Å². The molecular weight excluding hydrogens is 348 g/mol. The van der Waals surface area contributed by atoms with Gasteiger partial charge in [0, 0.05) is 12.6 Å². The smallest absolute Gasteiger partial charge is 0.316 e. The molecule has 28 heavy (non-hydrogen) atoms. The third-order valence-corrected chi connectivity index (χ3v) is 6.22. The van der Waals surface area contributed by atoms with Crippen LogP contribution in [-0.4, -0.2) is 27.8 Å². The molecule has 2 aromatic carbocycles. The number of nitrogens with zero attached hydrogens (tertiary/aromatic N) is 2. The average molecular weight is 377 g/mol. The average Bonchev–Trinajstić information content (AvgIpc) is 2.71. The van der Waals surface area contributed by atoms with Gasteiger partial charge in [-0.3, -0.25) is 9.69 Å². The Bertz CT molecular complexity index is 877. The van der Waals surface area contributed by atoms with Gasteiger partial charge in [0.25, 0.3) is 0 Å². The molecule has 146 valence electrons.